The largest absolute Gasteiger partial charge is 0.475 e. The van der Waals surface area contributed by atoms with Crippen molar-refractivity contribution in [3.8, 4) is 17.1 Å². The first kappa shape index (κ1) is 19.5. The molecule has 0 bridgehead atoms. The fourth-order valence-corrected chi connectivity index (χ4v) is 4.14. The summed E-state index contributed by atoms with van der Waals surface area (Å²) in [6.07, 6.45) is 6.00. The molecule has 0 saturated heterocycles. The van der Waals surface area contributed by atoms with Crippen LogP contribution >= 0.6 is 11.8 Å². The molecule has 0 unspecified atom stereocenters. The number of nitrogens with one attached hydrogen (secondary N) is 2. The van der Waals surface area contributed by atoms with Crippen molar-refractivity contribution in [1.82, 2.24) is 15.4 Å². The third-order valence-corrected chi connectivity index (χ3v) is 5.61. The lowest BCUT2D eigenvalue weighted by Gasteiger charge is -2.10. The van der Waals surface area contributed by atoms with Gasteiger partial charge in [-0.15, -0.1) is 11.8 Å². The summed E-state index contributed by atoms with van der Waals surface area (Å²) in [5, 5.41) is 6.62. The zero-order chi connectivity index (χ0) is 20.1. The average molecular weight is 408 g/mol. The molecule has 7 heteroatoms. The van der Waals surface area contributed by atoms with E-state index in [9.17, 15) is 0 Å². The van der Waals surface area contributed by atoms with Crippen molar-refractivity contribution in [3.05, 3.63) is 48.2 Å². The Morgan fingerprint density at radius 1 is 1.14 bits per heavy atom. The molecule has 0 spiro atoms. The molecule has 2 aromatic heterocycles. The second kappa shape index (κ2) is 9.13. The zero-order valence-corrected chi connectivity index (χ0v) is 17.5. The molecule has 0 amide bonds. The quantitative estimate of drug-likeness (QED) is 0.650. The van der Waals surface area contributed by atoms with Gasteiger partial charge in [-0.1, -0.05) is 12.1 Å². The Kier molecular flexibility index (Phi) is 6.14. The number of ether oxygens (including phenoxy) is 1. The van der Waals surface area contributed by atoms with Crippen LogP contribution in [0.2, 0.25) is 0 Å². The Morgan fingerprint density at radius 3 is 2.97 bits per heavy atom. The number of aromatic nitrogens is 2. The number of fused-ring (bicyclic) bond motifs is 1. The number of rotatable bonds is 4. The number of aliphatic imine (C=N–C) groups is 1. The number of hydrogen-bond donors (Lipinski definition) is 2. The first-order valence-electron chi connectivity index (χ1n) is 9.90. The molecule has 4 rings (SSSR count). The van der Waals surface area contributed by atoms with E-state index in [4.69, 9.17) is 9.72 Å². The van der Waals surface area contributed by atoms with E-state index in [1.54, 1.807) is 18.1 Å². The van der Waals surface area contributed by atoms with Crippen LogP contribution in [0.15, 0.2) is 52.7 Å². The maximum Gasteiger partial charge on any atom is 0.214 e. The molecule has 0 atom stereocenters. The number of aromatic amines is 1. The standard InChI is InChI=1S/C22H25N5OS/c1-15(2)28-21-7-5-6-20(26-21)18-13-24-19-9-8-16(12-17(18)19)22-27-25-14-23-10-3-4-11-29-22/h5-9,12-15,24H,3-4,10-11H2,1-2H3,(H,23,25)/b27-22-. The molecule has 0 aliphatic carbocycles. The van der Waals surface area contributed by atoms with Crippen LogP contribution in [-0.4, -0.2) is 39.8 Å². The van der Waals surface area contributed by atoms with E-state index in [0.717, 1.165) is 57.9 Å². The number of hydrazone groups is 1. The molecule has 1 aliphatic heterocycles. The minimum absolute atomic E-state index is 0.0889. The molecule has 0 fully saturated rings. The van der Waals surface area contributed by atoms with Gasteiger partial charge >= 0.3 is 0 Å². The molecule has 1 aliphatic rings. The van der Waals surface area contributed by atoms with E-state index in [-0.39, 0.29) is 6.10 Å². The van der Waals surface area contributed by atoms with E-state index in [1.165, 1.54) is 0 Å². The van der Waals surface area contributed by atoms with Crippen LogP contribution in [0.3, 0.4) is 0 Å². The molecule has 150 valence electrons. The summed E-state index contributed by atoms with van der Waals surface area (Å²) >= 11 is 1.78. The molecule has 3 heterocycles. The molecule has 1 aromatic carbocycles. The van der Waals surface area contributed by atoms with Gasteiger partial charge in [0, 0.05) is 40.8 Å². The first-order valence-corrected chi connectivity index (χ1v) is 10.9. The summed E-state index contributed by atoms with van der Waals surface area (Å²) in [6.45, 7) is 4.86. The van der Waals surface area contributed by atoms with E-state index < -0.39 is 0 Å². The molecule has 2 N–H and O–H groups in total. The van der Waals surface area contributed by atoms with Crippen molar-refractivity contribution in [2.24, 2.45) is 10.1 Å². The van der Waals surface area contributed by atoms with Crippen molar-refractivity contribution < 1.29 is 4.74 Å². The Hall–Kier alpha value is -2.80. The van der Waals surface area contributed by atoms with E-state index in [2.05, 4.69) is 38.7 Å². The monoisotopic (exact) mass is 407 g/mol. The molecule has 29 heavy (non-hydrogen) atoms. The van der Waals surface area contributed by atoms with E-state index in [1.807, 2.05) is 38.2 Å². The number of pyridine rings is 1. The fraction of sp³-hybridized carbons (Fsp3) is 0.318. The van der Waals surface area contributed by atoms with Crippen molar-refractivity contribution in [2.75, 3.05) is 12.3 Å². The summed E-state index contributed by atoms with van der Waals surface area (Å²) in [7, 11) is 0. The Balaban J connectivity index is 1.70. The molecule has 0 radical (unpaired) electrons. The summed E-state index contributed by atoms with van der Waals surface area (Å²) in [4.78, 5) is 12.4. The van der Waals surface area contributed by atoms with Gasteiger partial charge in [0.15, 0.2) is 0 Å². The number of H-pyrrole nitrogens is 1. The van der Waals surface area contributed by atoms with Gasteiger partial charge in [0.1, 0.15) is 11.4 Å². The highest BCUT2D eigenvalue weighted by atomic mass is 32.2. The normalized spacial score (nSPS) is 17.0. The summed E-state index contributed by atoms with van der Waals surface area (Å²) in [5.41, 5.74) is 7.05. The van der Waals surface area contributed by atoms with Crippen LogP contribution < -0.4 is 10.2 Å². The molecular formula is C22H25N5OS. The third-order valence-electron chi connectivity index (χ3n) is 4.52. The third kappa shape index (κ3) is 4.79. The Morgan fingerprint density at radius 2 is 2.07 bits per heavy atom. The number of benzene rings is 1. The second-order valence-corrected chi connectivity index (χ2v) is 8.21. The summed E-state index contributed by atoms with van der Waals surface area (Å²) < 4.78 is 5.77. The van der Waals surface area contributed by atoms with Gasteiger partial charge in [0.25, 0.3) is 0 Å². The van der Waals surface area contributed by atoms with Crippen LogP contribution in [0.25, 0.3) is 22.2 Å². The van der Waals surface area contributed by atoms with Crippen molar-refractivity contribution >= 4 is 34.0 Å². The first-order chi connectivity index (χ1) is 14.2. The second-order valence-electron chi connectivity index (χ2n) is 7.13. The van der Waals surface area contributed by atoms with E-state index >= 15 is 0 Å². The van der Waals surface area contributed by atoms with E-state index in [0.29, 0.717) is 5.88 Å². The predicted octanol–water partition coefficient (Wildman–Crippen LogP) is 4.82. The van der Waals surface area contributed by atoms with Gasteiger partial charge in [0.2, 0.25) is 5.88 Å². The lowest BCUT2D eigenvalue weighted by molar-refractivity contribution is 0.233. The lowest BCUT2D eigenvalue weighted by atomic mass is 10.1. The van der Waals surface area contributed by atoms with Crippen LogP contribution in [0.1, 0.15) is 32.3 Å². The predicted molar refractivity (Wildman–Crippen MR) is 122 cm³/mol. The van der Waals surface area contributed by atoms with Gasteiger partial charge in [0.05, 0.1) is 11.8 Å². The zero-order valence-electron chi connectivity index (χ0n) is 16.7. The van der Waals surface area contributed by atoms with Crippen molar-refractivity contribution in [2.45, 2.75) is 32.8 Å². The number of hydrogen-bond acceptors (Lipinski definition) is 6. The Bertz CT molecular complexity index is 1040. The Labute approximate surface area is 174 Å². The smallest absolute Gasteiger partial charge is 0.214 e. The average Bonchev–Trinajstić information content (AvgIpc) is 3.15. The van der Waals surface area contributed by atoms with Gasteiger partial charge in [-0.3, -0.25) is 10.4 Å². The molecule has 0 saturated carbocycles. The van der Waals surface area contributed by atoms with Crippen LogP contribution in [-0.2, 0) is 0 Å². The SMILES string of the molecule is CC(C)Oc1cccc(-c2c[nH]c3ccc(/C4=N/NC=NCCCCS4)cc23)n1. The van der Waals surface area contributed by atoms with Crippen LogP contribution in [0.5, 0.6) is 5.88 Å². The highest BCUT2D eigenvalue weighted by Gasteiger charge is 2.13. The number of thioether (sulfide) groups is 1. The van der Waals surface area contributed by atoms with Gasteiger partial charge in [-0.05, 0) is 50.6 Å². The molecular weight excluding hydrogens is 382 g/mol. The molecule has 6 nitrogen and oxygen atoms in total. The van der Waals surface area contributed by atoms with Crippen molar-refractivity contribution in [3.63, 3.8) is 0 Å². The van der Waals surface area contributed by atoms with Gasteiger partial charge in [-0.2, -0.15) is 5.10 Å². The summed E-state index contributed by atoms with van der Waals surface area (Å²) in [6, 6.07) is 12.3. The maximum atomic E-state index is 5.77. The van der Waals surface area contributed by atoms with Crippen LogP contribution in [0, 0.1) is 0 Å². The van der Waals surface area contributed by atoms with Gasteiger partial charge < -0.3 is 9.72 Å². The topological polar surface area (TPSA) is 74.7 Å². The lowest BCUT2D eigenvalue weighted by Crippen LogP contribution is -2.09. The van der Waals surface area contributed by atoms with Crippen LogP contribution in [0.4, 0.5) is 0 Å². The summed E-state index contributed by atoms with van der Waals surface area (Å²) in [5.74, 6) is 1.67. The van der Waals surface area contributed by atoms with Crippen molar-refractivity contribution in [1.29, 1.82) is 0 Å². The highest BCUT2D eigenvalue weighted by Crippen LogP contribution is 2.30. The number of nitrogens with zero attached hydrogens (tertiary/aromatic N) is 3. The minimum Gasteiger partial charge on any atom is -0.475 e. The maximum absolute atomic E-state index is 5.77. The highest BCUT2D eigenvalue weighted by molar-refractivity contribution is 8.14. The molecule has 3 aromatic rings. The fourth-order valence-electron chi connectivity index (χ4n) is 3.18. The van der Waals surface area contributed by atoms with Gasteiger partial charge in [-0.25, -0.2) is 4.98 Å². The minimum atomic E-state index is 0.0889.